The van der Waals surface area contributed by atoms with Crippen LogP contribution in [0.2, 0.25) is 5.02 Å². The van der Waals surface area contributed by atoms with Gasteiger partial charge in [0.15, 0.2) is 17.1 Å². The van der Waals surface area contributed by atoms with Crippen LogP contribution in [0.1, 0.15) is 18.9 Å². The number of carbonyl (C=O) groups is 1. The van der Waals surface area contributed by atoms with E-state index in [4.69, 9.17) is 16.3 Å². The average molecular weight is 482 g/mol. The molecule has 0 spiro atoms. The van der Waals surface area contributed by atoms with Crippen LogP contribution in [0.15, 0.2) is 58.2 Å². The molecule has 1 atom stereocenters. The van der Waals surface area contributed by atoms with Crippen molar-refractivity contribution in [1.29, 1.82) is 0 Å². The summed E-state index contributed by atoms with van der Waals surface area (Å²) in [7, 11) is 1.86. The highest BCUT2D eigenvalue weighted by atomic mass is 79.9. The second kappa shape index (κ2) is 9.45. The molecule has 9 heteroatoms. The highest BCUT2D eigenvalue weighted by molar-refractivity contribution is 9.10. The Labute approximate surface area is 180 Å². The Kier molecular flexibility index (Phi) is 6.98. The van der Waals surface area contributed by atoms with Gasteiger partial charge >= 0.3 is 0 Å². The van der Waals surface area contributed by atoms with Crippen LogP contribution in [-0.4, -0.2) is 26.4 Å². The van der Waals surface area contributed by atoms with Crippen LogP contribution in [-0.2, 0) is 11.8 Å². The van der Waals surface area contributed by atoms with Gasteiger partial charge in [-0.15, -0.1) is 10.2 Å². The number of hydrogen-bond acceptors (Lipinski definition) is 5. The molecule has 1 heterocycles. The van der Waals surface area contributed by atoms with E-state index < -0.39 is 0 Å². The van der Waals surface area contributed by atoms with E-state index in [1.54, 1.807) is 24.3 Å². The number of nitrogens with one attached hydrogen (secondary N) is 1. The number of amides is 1. The van der Waals surface area contributed by atoms with Crippen LogP contribution >= 0.6 is 39.3 Å². The standard InChI is InChI=1S/C19H18BrClN4O2S/c1-12(27-16-9-3-13(20)4-10-16)18-23-24-19(25(18)2)28-11-17(26)22-15-7-5-14(21)6-8-15/h3-10,12H,11H2,1-2H3,(H,22,26). The molecule has 1 unspecified atom stereocenters. The first-order chi connectivity index (χ1) is 13.4. The van der Waals surface area contributed by atoms with Gasteiger partial charge in [0.2, 0.25) is 5.91 Å². The van der Waals surface area contributed by atoms with Crippen LogP contribution in [0.3, 0.4) is 0 Å². The van der Waals surface area contributed by atoms with Crippen LogP contribution in [0.5, 0.6) is 5.75 Å². The predicted molar refractivity (Wildman–Crippen MR) is 115 cm³/mol. The fourth-order valence-corrected chi connectivity index (χ4v) is 3.54. The minimum atomic E-state index is -0.282. The Balaban J connectivity index is 1.57. The first-order valence-corrected chi connectivity index (χ1v) is 10.6. The van der Waals surface area contributed by atoms with Gasteiger partial charge in [0.25, 0.3) is 0 Å². The number of benzene rings is 2. The topological polar surface area (TPSA) is 69.0 Å². The molecule has 0 aliphatic carbocycles. The Morgan fingerprint density at radius 3 is 2.57 bits per heavy atom. The van der Waals surface area contributed by atoms with Crippen LogP contribution in [0.4, 0.5) is 5.69 Å². The van der Waals surface area contributed by atoms with Gasteiger partial charge < -0.3 is 14.6 Å². The summed E-state index contributed by atoms with van der Waals surface area (Å²) >= 11 is 10.6. The molecule has 0 bridgehead atoms. The van der Waals surface area contributed by atoms with Crippen molar-refractivity contribution in [2.24, 2.45) is 7.05 Å². The molecule has 0 fully saturated rings. The third-order valence-corrected chi connectivity index (χ3v) is 5.62. The van der Waals surface area contributed by atoms with Crippen molar-refractivity contribution < 1.29 is 9.53 Å². The summed E-state index contributed by atoms with van der Waals surface area (Å²) in [5, 5.41) is 12.5. The number of hydrogen-bond donors (Lipinski definition) is 1. The number of aromatic nitrogens is 3. The smallest absolute Gasteiger partial charge is 0.234 e. The quantitative estimate of drug-likeness (QED) is 0.475. The first kappa shape index (κ1) is 20.7. The lowest BCUT2D eigenvalue weighted by Gasteiger charge is -2.14. The molecule has 3 aromatic rings. The van der Waals surface area contributed by atoms with E-state index in [1.165, 1.54) is 11.8 Å². The second-order valence-electron chi connectivity index (χ2n) is 5.96. The number of rotatable bonds is 7. The van der Waals surface area contributed by atoms with Crippen LogP contribution in [0.25, 0.3) is 0 Å². The van der Waals surface area contributed by atoms with Crippen LogP contribution < -0.4 is 10.1 Å². The molecular formula is C19H18BrClN4O2S. The van der Waals surface area contributed by atoms with E-state index in [9.17, 15) is 4.79 Å². The SMILES string of the molecule is CC(Oc1ccc(Br)cc1)c1nnc(SCC(=O)Nc2ccc(Cl)cc2)n1C. The Hall–Kier alpha value is -2.03. The molecule has 1 amide bonds. The predicted octanol–water partition coefficient (Wildman–Crippen LogP) is 5.10. The average Bonchev–Trinajstić information content (AvgIpc) is 3.04. The molecule has 3 rings (SSSR count). The van der Waals surface area contributed by atoms with Gasteiger partial charge in [0, 0.05) is 22.2 Å². The van der Waals surface area contributed by atoms with Crippen molar-refractivity contribution in [2.75, 3.05) is 11.1 Å². The number of carbonyl (C=O) groups excluding carboxylic acids is 1. The summed E-state index contributed by atoms with van der Waals surface area (Å²) in [6, 6.07) is 14.6. The zero-order valence-corrected chi connectivity index (χ0v) is 18.4. The highest BCUT2D eigenvalue weighted by Gasteiger charge is 2.18. The fourth-order valence-electron chi connectivity index (χ4n) is 2.44. The van der Waals surface area contributed by atoms with Gasteiger partial charge in [-0.05, 0) is 55.5 Å². The van der Waals surface area contributed by atoms with Crippen molar-refractivity contribution in [3.63, 3.8) is 0 Å². The molecule has 0 radical (unpaired) electrons. The van der Waals surface area contributed by atoms with E-state index in [0.29, 0.717) is 21.7 Å². The van der Waals surface area contributed by atoms with Crippen molar-refractivity contribution in [3.8, 4) is 5.75 Å². The van der Waals surface area contributed by atoms with E-state index in [2.05, 4.69) is 31.4 Å². The maximum atomic E-state index is 12.1. The maximum absolute atomic E-state index is 12.1. The molecule has 0 aliphatic rings. The zero-order valence-electron chi connectivity index (χ0n) is 15.2. The number of halogens is 2. The Morgan fingerprint density at radius 1 is 1.21 bits per heavy atom. The number of thioether (sulfide) groups is 1. The third kappa shape index (κ3) is 5.50. The molecule has 1 N–H and O–H groups in total. The lowest BCUT2D eigenvalue weighted by molar-refractivity contribution is -0.113. The summed E-state index contributed by atoms with van der Waals surface area (Å²) in [6.45, 7) is 1.91. The van der Waals surface area contributed by atoms with Gasteiger partial charge in [-0.3, -0.25) is 4.79 Å². The van der Waals surface area contributed by atoms with Crippen LogP contribution in [0, 0.1) is 0 Å². The number of ether oxygens (including phenoxy) is 1. The summed E-state index contributed by atoms with van der Waals surface area (Å²) < 4.78 is 8.75. The molecular weight excluding hydrogens is 464 g/mol. The van der Waals surface area contributed by atoms with Gasteiger partial charge in [0.05, 0.1) is 5.75 Å². The fraction of sp³-hybridized carbons (Fsp3) is 0.211. The van der Waals surface area contributed by atoms with E-state index in [1.807, 2.05) is 42.8 Å². The molecule has 146 valence electrons. The lowest BCUT2D eigenvalue weighted by Crippen LogP contribution is -2.14. The molecule has 2 aromatic carbocycles. The molecule has 0 aliphatic heterocycles. The summed E-state index contributed by atoms with van der Waals surface area (Å²) in [6.07, 6.45) is -0.282. The zero-order chi connectivity index (χ0) is 20.1. The molecule has 0 saturated carbocycles. The molecule has 28 heavy (non-hydrogen) atoms. The minimum Gasteiger partial charge on any atom is -0.483 e. The molecule has 6 nitrogen and oxygen atoms in total. The summed E-state index contributed by atoms with van der Waals surface area (Å²) in [5.41, 5.74) is 0.699. The van der Waals surface area contributed by atoms with Gasteiger partial charge in [-0.2, -0.15) is 0 Å². The van der Waals surface area contributed by atoms with E-state index in [-0.39, 0.29) is 17.8 Å². The van der Waals surface area contributed by atoms with Crippen molar-refractivity contribution in [1.82, 2.24) is 14.8 Å². The molecule has 1 aromatic heterocycles. The number of anilines is 1. The Morgan fingerprint density at radius 2 is 1.89 bits per heavy atom. The summed E-state index contributed by atoms with van der Waals surface area (Å²) in [5.74, 6) is 1.52. The van der Waals surface area contributed by atoms with Crippen molar-refractivity contribution in [2.45, 2.75) is 18.2 Å². The van der Waals surface area contributed by atoms with Gasteiger partial charge in [-0.1, -0.05) is 39.3 Å². The highest BCUT2D eigenvalue weighted by Crippen LogP contribution is 2.25. The van der Waals surface area contributed by atoms with Crippen molar-refractivity contribution in [3.05, 3.63) is 63.9 Å². The minimum absolute atomic E-state index is 0.129. The second-order valence-corrected chi connectivity index (χ2v) is 8.25. The molecule has 0 saturated heterocycles. The van der Waals surface area contributed by atoms with Gasteiger partial charge in [0.1, 0.15) is 5.75 Å². The Bertz CT molecular complexity index is 948. The van der Waals surface area contributed by atoms with Gasteiger partial charge in [-0.25, -0.2) is 0 Å². The normalized spacial score (nSPS) is 11.9. The van der Waals surface area contributed by atoms with Crippen molar-refractivity contribution >= 4 is 50.9 Å². The summed E-state index contributed by atoms with van der Waals surface area (Å²) in [4.78, 5) is 12.1. The lowest BCUT2D eigenvalue weighted by atomic mass is 10.3. The maximum Gasteiger partial charge on any atom is 0.234 e. The number of nitrogens with zero attached hydrogens (tertiary/aromatic N) is 3. The van der Waals surface area contributed by atoms with E-state index >= 15 is 0 Å². The van der Waals surface area contributed by atoms with E-state index in [0.717, 1.165) is 10.2 Å². The monoisotopic (exact) mass is 480 g/mol. The largest absolute Gasteiger partial charge is 0.483 e. The third-order valence-electron chi connectivity index (χ3n) is 3.82. The first-order valence-electron chi connectivity index (χ1n) is 8.42.